The van der Waals surface area contributed by atoms with E-state index in [0.29, 0.717) is 12.3 Å². The van der Waals surface area contributed by atoms with E-state index in [1.165, 1.54) is 24.0 Å². The molecule has 0 aliphatic carbocycles. The first kappa shape index (κ1) is 25.3. The van der Waals surface area contributed by atoms with Crippen LogP contribution in [0.15, 0.2) is 70.6 Å². The van der Waals surface area contributed by atoms with Crippen molar-refractivity contribution in [2.45, 2.75) is 22.9 Å². The van der Waals surface area contributed by atoms with Crippen LogP contribution in [0.25, 0.3) is 0 Å². The first-order valence-electron chi connectivity index (χ1n) is 9.76. The predicted octanol–water partition coefficient (Wildman–Crippen LogP) is 6.23. The number of pyridine rings is 1. The Labute approximate surface area is 202 Å². The molecule has 0 saturated carbocycles. The van der Waals surface area contributed by atoms with Gasteiger partial charge in [0.05, 0.1) is 17.2 Å². The van der Waals surface area contributed by atoms with E-state index in [4.69, 9.17) is 16.4 Å². The fourth-order valence-corrected chi connectivity index (χ4v) is 3.71. The summed E-state index contributed by atoms with van der Waals surface area (Å²) < 4.78 is 38.9. The molecule has 1 aromatic heterocycles. The van der Waals surface area contributed by atoms with Gasteiger partial charge in [-0.3, -0.25) is 14.6 Å². The van der Waals surface area contributed by atoms with Gasteiger partial charge in [-0.2, -0.15) is 13.2 Å². The van der Waals surface area contributed by atoms with Crippen molar-refractivity contribution in [1.29, 1.82) is 0 Å². The van der Waals surface area contributed by atoms with Crippen LogP contribution in [0.1, 0.15) is 23.0 Å². The number of carbonyl (C=O) groups excluding carboxylic acids is 2. The van der Waals surface area contributed by atoms with Gasteiger partial charge in [-0.1, -0.05) is 23.4 Å². The number of nitrogens with zero attached hydrogens (tertiary/aromatic N) is 1. The molecule has 0 saturated heterocycles. The maximum atomic E-state index is 13.0. The largest absolute Gasteiger partial charge is 0.417 e. The molecule has 0 spiro atoms. The Balaban J connectivity index is 1.60. The summed E-state index contributed by atoms with van der Waals surface area (Å²) in [5, 5.41) is 4.44. The Morgan fingerprint density at radius 3 is 2.35 bits per heavy atom. The minimum atomic E-state index is -4.64. The van der Waals surface area contributed by atoms with Gasteiger partial charge >= 0.3 is 12.2 Å². The summed E-state index contributed by atoms with van der Waals surface area (Å²) in [5.74, 6) is -0.460. The van der Waals surface area contributed by atoms with Crippen molar-refractivity contribution in [3.05, 3.63) is 77.1 Å². The number of amides is 3. The second kappa shape index (κ2) is 11.2. The van der Waals surface area contributed by atoms with E-state index >= 15 is 0 Å². The Hall–Kier alpha value is -3.28. The van der Waals surface area contributed by atoms with Gasteiger partial charge in [0.25, 0.3) is 5.91 Å². The van der Waals surface area contributed by atoms with Gasteiger partial charge < -0.3 is 10.6 Å². The Morgan fingerprint density at radius 2 is 1.68 bits per heavy atom. The van der Waals surface area contributed by atoms with Crippen molar-refractivity contribution < 1.29 is 27.6 Å². The van der Waals surface area contributed by atoms with Crippen LogP contribution in [-0.2, 0) is 11.0 Å². The summed E-state index contributed by atoms with van der Waals surface area (Å²) in [6, 6.07) is 12.5. The molecule has 0 fully saturated rings. The molecule has 0 unspecified atom stereocenters. The Bertz CT molecular complexity index is 1180. The maximum absolute atomic E-state index is 13.0. The van der Waals surface area contributed by atoms with E-state index in [0.717, 1.165) is 21.9 Å². The minimum absolute atomic E-state index is 0.0525. The van der Waals surface area contributed by atoms with Crippen molar-refractivity contribution in [2.24, 2.45) is 0 Å². The van der Waals surface area contributed by atoms with Gasteiger partial charge in [0.15, 0.2) is 0 Å². The molecule has 0 aliphatic heterocycles. The molecule has 34 heavy (non-hydrogen) atoms. The number of carbonyl (C=O) groups is 2. The van der Waals surface area contributed by atoms with Gasteiger partial charge in [-0.15, -0.1) is 0 Å². The third-order valence-corrected chi connectivity index (χ3v) is 5.48. The van der Waals surface area contributed by atoms with Crippen LogP contribution in [0.2, 0.25) is 5.02 Å². The highest BCUT2D eigenvalue weighted by Gasteiger charge is 2.33. The minimum Gasteiger partial charge on any atom is -0.308 e. The summed E-state index contributed by atoms with van der Waals surface area (Å²) in [4.78, 5) is 34.6. The monoisotopic (exact) mass is 510 g/mol. The predicted molar refractivity (Wildman–Crippen MR) is 123 cm³/mol. The molecular formula is C22H18ClF3N4O3S. The lowest BCUT2D eigenvalue weighted by atomic mass is 10.2. The van der Waals surface area contributed by atoms with E-state index in [-0.39, 0.29) is 11.4 Å². The first-order chi connectivity index (χ1) is 16.2. The highest BCUT2D eigenvalue weighted by molar-refractivity contribution is 7.99. The van der Waals surface area contributed by atoms with Gasteiger partial charge in [-0.05, 0) is 61.5 Å². The number of nitrogens with one attached hydrogen (secondary N) is 3. The number of hydrogen-bond donors (Lipinski definition) is 3. The topological polar surface area (TPSA) is 92.4 Å². The maximum Gasteiger partial charge on any atom is 0.417 e. The average molecular weight is 511 g/mol. The second-order valence-corrected chi connectivity index (χ2v) is 8.19. The number of urea groups is 1. The summed E-state index contributed by atoms with van der Waals surface area (Å²) in [5.41, 5.74) is 1.81. The van der Waals surface area contributed by atoms with Crippen LogP contribution in [0, 0.1) is 0 Å². The summed E-state index contributed by atoms with van der Waals surface area (Å²) in [6.07, 6.45) is -3.13. The summed E-state index contributed by atoms with van der Waals surface area (Å²) in [6.45, 7) is 2.07. The number of hydrogen-bond acceptors (Lipinski definition) is 5. The Morgan fingerprint density at radius 1 is 1.00 bits per heavy atom. The summed E-state index contributed by atoms with van der Waals surface area (Å²) >= 11 is 6.96. The Kier molecular flexibility index (Phi) is 8.37. The molecule has 1 heterocycles. The quantitative estimate of drug-likeness (QED) is 0.328. The van der Waals surface area contributed by atoms with Crippen molar-refractivity contribution >= 4 is 46.7 Å². The highest BCUT2D eigenvalue weighted by atomic mass is 35.5. The van der Waals surface area contributed by atoms with Crippen LogP contribution >= 0.6 is 23.4 Å². The lowest BCUT2D eigenvalue weighted by molar-refractivity contribution is -0.137. The molecule has 2 aromatic carbocycles. The van der Waals surface area contributed by atoms with Crippen molar-refractivity contribution in [3.8, 4) is 0 Å². The first-order valence-corrected chi connectivity index (χ1v) is 11.0. The van der Waals surface area contributed by atoms with E-state index in [1.807, 2.05) is 0 Å². The van der Waals surface area contributed by atoms with Crippen LogP contribution in [-0.4, -0.2) is 23.5 Å². The van der Waals surface area contributed by atoms with Gasteiger partial charge in [-0.25, -0.2) is 10.3 Å². The fourth-order valence-electron chi connectivity index (χ4n) is 2.64. The number of rotatable bonds is 7. The average Bonchev–Trinajstić information content (AvgIpc) is 2.79. The molecule has 3 N–H and O–H groups in total. The second-order valence-electron chi connectivity index (χ2n) is 6.64. The zero-order valence-electron chi connectivity index (χ0n) is 17.6. The van der Waals surface area contributed by atoms with E-state index in [1.54, 1.807) is 43.3 Å². The molecule has 3 rings (SSSR count). The van der Waals surface area contributed by atoms with Crippen LogP contribution in [0.5, 0.6) is 0 Å². The SMILES string of the molecule is CCONC(=O)c1cc(Sc2ccc(NC(=O)Nc3ccc(Cl)c(C(F)(F)F)c3)cc2)ccn1. The van der Waals surface area contributed by atoms with E-state index < -0.39 is 28.7 Å². The van der Waals surface area contributed by atoms with Crippen molar-refractivity contribution in [3.63, 3.8) is 0 Å². The molecule has 3 amide bonds. The fraction of sp³-hybridized carbons (Fsp3) is 0.136. The smallest absolute Gasteiger partial charge is 0.308 e. The molecular weight excluding hydrogens is 493 g/mol. The molecule has 0 radical (unpaired) electrons. The molecule has 7 nitrogen and oxygen atoms in total. The number of benzene rings is 2. The number of anilines is 2. The normalized spacial score (nSPS) is 11.1. The number of aromatic nitrogens is 1. The zero-order chi connectivity index (χ0) is 24.7. The van der Waals surface area contributed by atoms with Crippen LogP contribution < -0.4 is 16.1 Å². The molecule has 0 bridgehead atoms. The van der Waals surface area contributed by atoms with E-state index in [9.17, 15) is 22.8 Å². The number of alkyl halides is 3. The van der Waals surface area contributed by atoms with E-state index in [2.05, 4.69) is 21.1 Å². The molecule has 0 atom stereocenters. The van der Waals surface area contributed by atoms with Crippen LogP contribution in [0.4, 0.5) is 29.3 Å². The lowest BCUT2D eigenvalue weighted by Crippen LogP contribution is -2.24. The van der Waals surface area contributed by atoms with Gasteiger partial charge in [0, 0.05) is 27.4 Å². The summed E-state index contributed by atoms with van der Waals surface area (Å²) in [7, 11) is 0. The lowest BCUT2D eigenvalue weighted by Gasteiger charge is -2.12. The zero-order valence-corrected chi connectivity index (χ0v) is 19.1. The van der Waals surface area contributed by atoms with Gasteiger partial charge in [0.1, 0.15) is 5.69 Å². The molecule has 0 aliphatic rings. The van der Waals surface area contributed by atoms with Crippen LogP contribution in [0.3, 0.4) is 0 Å². The standard InChI is InChI=1S/C22H18ClF3N4O3S/c1-2-33-30-20(31)19-12-16(9-10-27-19)34-15-6-3-13(4-7-15)28-21(32)29-14-5-8-18(23)17(11-14)22(24,25)26/h3-12H,2H2,1H3,(H,30,31)(H2,28,29,32). The number of halogens is 4. The molecule has 12 heteroatoms. The third-order valence-electron chi connectivity index (χ3n) is 4.15. The molecule has 178 valence electrons. The van der Waals surface area contributed by atoms with Crippen molar-refractivity contribution in [2.75, 3.05) is 17.2 Å². The van der Waals surface area contributed by atoms with Gasteiger partial charge in [0.2, 0.25) is 0 Å². The number of hydroxylamine groups is 1. The third kappa shape index (κ3) is 7.11. The highest BCUT2D eigenvalue weighted by Crippen LogP contribution is 2.36. The van der Waals surface area contributed by atoms with Crippen molar-refractivity contribution in [1.82, 2.24) is 10.5 Å². The molecule has 3 aromatic rings.